The molecule has 2 atom stereocenters. The molecule has 0 radical (unpaired) electrons. The van der Waals surface area contributed by atoms with E-state index in [-0.39, 0.29) is 28.9 Å². The highest BCUT2D eigenvalue weighted by atomic mass is 32.2. The molecule has 1 saturated heterocycles. The Morgan fingerprint density at radius 2 is 2.24 bits per heavy atom. The van der Waals surface area contributed by atoms with Gasteiger partial charge in [-0.05, 0) is 38.8 Å². The molecule has 2 unspecified atom stereocenters. The van der Waals surface area contributed by atoms with E-state index in [0.29, 0.717) is 11.6 Å². The van der Waals surface area contributed by atoms with Gasteiger partial charge in [0.15, 0.2) is 5.82 Å². The van der Waals surface area contributed by atoms with Crippen molar-refractivity contribution in [3.05, 3.63) is 41.1 Å². The van der Waals surface area contributed by atoms with E-state index in [0.717, 1.165) is 34.6 Å². The molecule has 4 rings (SSSR count). The molecule has 2 aromatic heterocycles. The van der Waals surface area contributed by atoms with Crippen LogP contribution in [-0.4, -0.2) is 44.4 Å². The first kappa shape index (κ1) is 19.9. The van der Waals surface area contributed by atoms with E-state index in [1.165, 1.54) is 11.8 Å². The fourth-order valence-electron chi connectivity index (χ4n) is 3.36. The zero-order valence-corrected chi connectivity index (χ0v) is 17.9. The number of amides is 2. The fraction of sp³-hybridized carbons (Fsp3) is 0.400. The number of hydrogen-bond donors (Lipinski definition) is 1. The number of thiazole rings is 1. The van der Waals surface area contributed by atoms with E-state index < -0.39 is 0 Å². The molecule has 0 spiro atoms. The number of carbonyl (C=O) groups is 2. The van der Waals surface area contributed by atoms with Gasteiger partial charge in [-0.1, -0.05) is 17.3 Å². The van der Waals surface area contributed by atoms with Crippen LogP contribution in [-0.2, 0) is 9.59 Å². The summed E-state index contributed by atoms with van der Waals surface area (Å²) < 4.78 is 6.09. The molecule has 0 aliphatic carbocycles. The average Bonchev–Trinajstić information content (AvgIpc) is 3.44. The number of benzene rings is 1. The molecule has 1 N–H and O–H groups in total. The van der Waals surface area contributed by atoms with Crippen molar-refractivity contribution in [1.82, 2.24) is 15.0 Å². The highest BCUT2D eigenvalue weighted by Crippen LogP contribution is 2.36. The molecule has 3 heterocycles. The largest absolute Gasteiger partial charge is 0.360 e. The van der Waals surface area contributed by atoms with Crippen LogP contribution in [0.2, 0.25) is 0 Å². The van der Waals surface area contributed by atoms with E-state index in [4.69, 9.17) is 9.51 Å². The standard InChI is InChI=1S/C20H22N4O3S2/c1-12-10-17(23-27-12)22-19(26)13(2)28-11-18(25)24-9-5-7-15(24)20-21-14-6-3-4-8-16(14)29-20/h3-4,6,8,10,13,15H,5,7,9,11H2,1-2H3,(H,22,23,26). The Hall–Kier alpha value is -2.39. The minimum Gasteiger partial charge on any atom is -0.360 e. The molecule has 1 aromatic carbocycles. The van der Waals surface area contributed by atoms with Gasteiger partial charge in [-0.3, -0.25) is 9.59 Å². The van der Waals surface area contributed by atoms with Gasteiger partial charge in [0.05, 0.1) is 27.3 Å². The second kappa shape index (κ2) is 8.54. The molecular formula is C20H22N4O3S2. The number of carbonyl (C=O) groups excluding carboxylic acids is 2. The number of likely N-dealkylation sites (tertiary alicyclic amines) is 1. The van der Waals surface area contributed by atoms with Crippen molar-refractivity contribution in [2.45, 2.75) is 38.0 Å². The van der Waals surface area contributed by atoms with Crippen molar-refractivity contribution in [2.75, 3.05) is 17.6 Å². The minimum absolute atomic E-state index is 0.0303. The number of rotatable bonds is 6. The summed E-state index contributed by atoms with van der Waals surface area (Å²) in [5, 5.41) is 7.09. The average molecular weight is 431 g/mol. The maximum atomic E-state index is 12.9. The quantitative estimate of drug-likeness (QED) is 0.635. The molecule has 0 saturated carbocycles. The predicted molar refractivity (Wildman–Crippen MR) is 115 cm³/mol. The van der Waals surface area contributed by atoms with Crippen molar-refractivity contribution in [1.29, 1.82) is 0 Å². The molecule has 152 valence electrons. The third-order valence-electron chi connectivity index (χ3n) is 4.87. The Morgan fingerprint density at radius 3 is 3.00 bits per heavy atom. The number of nitrogens with one attached hydrogen (secondary N) is 1. The first-order valence-electron chi connectivity index (χ1n) is 9.52. The molecule has 1 aliphatic rings. The molecule has 9 heteroatoms. The van der Waals surface area contributed by atoms with Crippen molar-refractivity contribution in [3.8, 4) is 0 Å². The summed E-state index contributed by atoms with van der Waals surface area (Å²) in [6.07, 6.45) is 1.90. The number of nitrogens with zero attached hydrogens (tertiary/aromatic N) is 3. The summed E-state index contributed by atoms with van der Waals surface area (Å²) >= 11 is 2.99. The summed E-state index contributed by atoms with van der Waals surface area (Å²) in [5.41, 5.74) is 0.981. The summed E-state index contributed by atoms with van der Waals surface area (Å²) in [6.45, 7) is 4.28. The Labute approximate surface area is 176 Å². The van der Waals surface area contributed by atoms with Gasteiger partial charge in [0.1, 0.15) is 10.8 Å². The van der Waals surface area contributed by atoms with Gasteiger partial charge >= 0.3 is 0 Å². The molecular weight excluding hydrogens is 408 g/mol. The number of fused-ring (bicyclic) bond motifs is 1. The van der Waals surface area contributed by atoms with Crippen LogP contribution in [0.25, 0.3) is 10.2 Å². The summed E-state index contributed by atoms with van der Waals surface area (Å²) in [7, 11) is 0. The minimum atomic E-state index is -0.375. The van der Waals surface area contributed by atoms with Gasteiger partial charge in [-0.2, -0.15) is 0 Å². The van der Waals surface area contributed by atoms with E-state index in [1.807, 2.05) is 23.1 Å². The molecule has 0 bridgehead atoms. The number of aryl methyl sites for hydroxylation is 1. The summed E-state index contributed by atoms with van der Waals surface area (Å²) in [4.78, 5) is 31.8. The van der Waals surface area contributed by atoms with Crippen LogP contribution in [0.15, 0.2) is 34.9 Å². The van der Waals surface area contributed by atoms with Crippen LogP contribution in [0.4, 0.5) is 5.82 Å². The monoisotopic (exact) mass is 430 g/mol. The lowest BCUT2D eigenvalue weighted by Gasteiger charge is -2.23. The van der Waals surface area contributed by atoms with Crippen LogP contribution in [0.3, 0.4) is 0 Å². The molecule has 7 nitrogen and oxygen atoms in total. The number of hydrogen-bond acceptors (Lipinski definition) is 7. The fourth-order valence-corrected chi connectivity index (χ4v) is 5.25. The predicted octanol–water partition coefficient (Wildman–Crippen LogP) is 4.02. The van der Waals surface area contributed by atoms with E-state index in [1.54, 1.807) is 31.3 Å². The van der Waals surface area contributed by atoms with Gasteiger partial charge in [0.25, 0.3) is 0 Å². The zero-order chi connectivity index (χ0) is 20.4. The molecule has 1 fully saturated rings. The van der Waals surface area contributed by atoms with Crippen LogP contribution in [0, 0.1) is 6.92 Å². The van der Waals surface area contributed by atoms with Crippen molar-refractivity contribution in [3.63, 3.8) is 0 Å². The normalized spacial score (nSPS) is 17.6. The van der Waals surface area contributed by atoms with E-state index >= 15 is 0 Å². The Kier molecular flexibility index (Phi) is 5.86. The lowest BCUT2D eigenvalue weighted by atomic mass is 10.2. The Morgan fingerprint density at radius 1 is 1.41 bits per heavy atom. The first-order valence-corrected chi connectivity index (χ1v) is 11.4. The third kappa shape index (κ3) is 4.45. The lowest BCUT2D eigenvalue weighted by molar-refractivity contribution is -0.129. The SMILES string of the molecule is Cc1cc(NC(=O)C(C)SCC(=O)N2CCCC2c2nc3ccccc3s2)no1. The van der Waals surface area contributed by atoms with Gasteiger partial charge in [0.2, 0.25) is 11.8 Å². The van der Waals surface area contributed by atoms with Crippen molar-refractivity contribution in [2.24, 2.45) is 0 Å². The van der Waals surface area contributed by atoms with Crippen LogP contribution in [0.1, 0.15) is 36.6 Å². The Bertz CT molecular complexity index is 999. The second-order valence-corrected chi connectivity index (χ2v) is 9.42. The third-order valence-corrected chi connectivity index (χ3v) is 7.14. The smallest absolute Gasteiger partial charge is 0.238 e. The topological polar surface area (TPSA) is 88.3 Å². The molecule has 3 aromatic rings. The number of aromatic nitrogens is 2. The number of para-hydroxylation sites is 1. The van der Waals surface area contributed by atoms with Gasteiger partial charge in [0, 0.05) is 12.6 Å². The summed E-state index contributed by atoms with van der Waals surface area (Å²) in [6, 6.07) is 9.74. The van der Waals surface area contributed by atoms with Gasteiger partial charge in [-0.25, -0.2) is 4.98 Å². The van der Waals surface area contributed by atoms with E-state index in [9.17, 15) is 9.59 Å². The lowest BCUT2D eigenvalue weighted by Crippen LogP contribution is -2.33. The van der Waals surface area contributed by atoms with Gasteiger partial charge < -0.3 is 14.7 Å². The second-order valence-electron chi connectivity index (χ2n) is 7.03. The molecule has 2 amide bonds. The van der Waals surface area contributed by atoms with Crippen molar-refractivity contribution < 1.29 is 14.1 Å². The van der Waals surface area contributed by atoms with Crippen LogP contribution in [0.5, 0.6) is 0 Å². The maximum Gasteiger partial charge on any atom is 0.238 e. The van der Waals surface area contributed by atoms with Crippen molar-refractivity contribution >= 4 is 50.9 Å². The molecule has 29 heavy (non-hydrogen) atoms. The Balaban J connectivity index is 1.35. The highest BCUT2D eigenvalue weighted by molar-refractivity contribution is 8.01. The van der Waals surface area contributed by atoms with Crippen LogP contribution >= 0.6 is 23.1 Å². The van der Waals surface area contributed by atoms with Gasteiger partial charge in [-0.15, -0.1) is 23.1 Å². The van der Waals surface area contributed by atoms with E-state index in [2.05, 4.69) is 16.5 Å². The molecule has 1 aliphatic heterocycles. The zero-order valence-electron chi connectivity index (χ0n) is 16.3. The highest BCUT2D eigenvalue weighted by Gasteiger charge is 2.32. The maximum absolute atomic E-state index is 12.9. The number of anilines is 1. The number of thioether (sulfide) groups is 1. The van der Waals surface area contributed by atoms with Crippen LogP contribution < -0.4 is 5.32 Å². The summed E-state index contributed by atoms with van der Waals surface area (Å²) in [5.74, 6) is 1.13. The first-order chi connectivity index (χ1) is 14.0.